The first-order valence-electron chi connectivity index (χ1n) is 6.53. The van der Waals surface area contributed by atoms with Gasteiger partial charge in [-0.2, -0.15) is 0 Å². The van der Waals surface area contributed by atoms with Crippen molar-refractivity contribution in [1.82, 2.24) is 0 Å². The molecule has 0 heterocycles. The first kappa shape index (κ1) is 12.6. The summed E-state index contributed by atoms with van der Waals surface area (Å²) in [6.45, 7) is 8.21. The molecule has 2 nitrogen and oxygen atoms in total. The lowest BCUT2D eigenvalue weighted by atomic mass is 9.88. The van der Waals surface area contributed by atoms with Crippen LogP contribution in [-0.4, -0.2) is 16.5 Å². The molecule has 0 aliphatic heterocycles. The van der Waals surface area contributed by atoms with Crippen LogP contribution in [0.2, 0.25) is 0 Å². The molecule has 2 heteroatoms. The first-order chi connectivity index (χ1) is 7.83. The minimum Gasteiger partial charge on any atom is -0.385 e. The van der Waals surface area contributed by atoms with Crippen molar-refractivity contribution in [2.45, 2.75) is 52.6 Å². The van der Waals surface area contributed by atoms with Gasteiger partial charge in [0.15, 0.2) is 5.78 Å². The summed E-state index contributed by atoms with van der Waals surface area (Å²) in [5.41, 5.74) is 2.18. The summed E-state index contributed by atoms with van der Waals surface area (Å²) in [4.78, 5) is 12.0. The van der Waals surface area contributed by atoms with Crippen LogP contribution in [0, 0.1) is 11.8 Å². The maximum Gasteiger partial charge on any atom is 0.162 e. The number of hydrogen-bond donors (Lipinski definition) is 1. The highest BCUT2D eigenvalue weighted by Crippen LogP contribution is 2.42. The molecule has 0 unspecified atom stereocenters. The van der Waals surface area contributed by atoms with Gasteiger partial charge < -0.3 is 5.11 Å². The van der Waals surface area contributed by atoms with E-state index in [1.165, 1.54) is 5.57 Å². The van der Waals surface area contributed by atoms with Gasteiger partial charge in [0.25, 0.3) is 0 Å². The molecule has 0 saturated carbocycles. The predicted octanol–water partition coefficient (Wildman–Crippen LogP) is 3.02. The Bertz CT molecular complexity index is 411. The highest BCUT2D eigenvalue weighted by molar-refractivity contribution is 6.01. The van der Waals surface area contributed by atoms with Crippen LogP contribution in [0.4, 0.5) is 0 Å². The Morgan fingerprint density at radius 1 is 1.47 bits per heavy atom. The molecule has 0 aromatic carbocycles. The molecule has 0 amide bonds. The highest BCUT2D eigenvalue weighted by atomic mass is 16.3. The molecule has 17 heavy (non-hydrogen) atoms. The van der Waals surface area contributed by atoms with Crippen molar-refractivity contribution in [3.8, 4) is 0 Å². The van der Waals surface area contributed by atoms with Crippen LogP contribution in [0.5, 0.6) is 0 Å². The molecule has 1 N–H and O–H groups in total. The molecule has 0 bridgehead atoms. The van der Waals surface area contributed by atoms with Crippen molar-refractivity contribution in [2.24, 2.45) is 11.8 Å². The Morgan fingerprint density at radius 3 is 2.71 bits per heavy atom. The number of ketones is 1. The Morgan fingerprint density at radius 2 is 2.12 bits per heavy atom. The van der Waals surface area contributed by atoms with E-state index in [4.69, 9.17) is 0 Å². The third-order valence-electron chi connectivity index (χ3n) is 4.11. The van der Waals surface area contributed by atoms with E-state index in [9.17, 15) is 9.90 Å². The Balaban J connectivity index is 2.52. The lowest BCUT2D eigenvalue weighted by Gasteiger charge is -2.24. The van der Waals surface area contributed by atoms with Crippen molar-refractivity contribution >= 4 is 5.78 Å². The summed E-state index contributed by atoms with van der Waals surface area (Å²) >= 11 is 0. The zero-order chi connectivity index (χ0) is 12.8. The smallest absolute Gasteiger partial charge is 0.162 e. The largest absolute Gasteiger partial charge is 0.385 e. The second kappa shape index (κ2) is 4.09. The molecule has 2 aliphatic carbocycles. The summed E-state index contributed by atoms with van der Waals surface area (Å²) < 4.78 is 0. The van der Waals surface area contributed by atoms with Gasteiger partial charge in [0.1, 0.15) is 0 Å². The van der Waals surface area contributed by atoms with Gasteiger partial charge in [0.05, 0.1) is 5.60 Å². The zero-order valence-electron chi connectivity index (χ0n) is 11.2. The molecule has 2 atom stereocenters. The van der Waals surface area contributed by atoms with Gasteiger partial charge >= 0.3 is 0 Å². The number of aliphatic hydroxyl groups is 1. The van der Waals surface area contributed by atoms with Crippen LogP contribution >= 0.6 is 0 Å². The summed E-state index contributed by atoms with van der Waals surface area (Å²) in [5, 5.41) is 10.5. The molecule has 0 aromatic rings. The van der Waals surface area contributed by atoms with Crippen molar-refractivity contribution < 1.29 is 9.90 Å². The van der Waals surface area contributed by atoms with E-state index in [1.54, 1.807) is 6.92 Å². The molecule has 94 valence electrons. The van der Waals surface area contributed by atoms with E-state index in [2.05, 4.69) is 26.8 Å². The third-order valence-corrected chi connectivity index (χ3v) is 4.11. The molecule has 0 spiro atoms. The second-order valence-electron chi connectivity index (χ2n) is 6.01. The van der Waals surface area contributed by atoms with Crippen molar-refractivity contribution in [1.29, 1.82) is 0 Å². The summed E-state index contributed by atoms with van der Waals surface area (Å²) in [5.74, 6) is 0.884. The highest BCUT2D eigenvalue weighted by Gasteiger charge is 2.40. The SMILES string of the molecule is CC(C)C1=CC2=C(C(=O)C[C@H]2C)[C@](C)(O)CC1. The van der Waals surface area contributed by atoms with E-state index in [1.807, 2.05) is 0 Å². The second-order valence-corrected chi connectivity index (χ2v) is 6.01. The van der Waals surface area contributed by atoms with E-state index in [0.717, 1.165) is 12.0 Å². The van der Waals surface area contributed by atoms with E-state index in [0.29, 0.717) is 24.3 Å². The Labute approximate surface area is 103 Å². The number of hydrogen-bond acceptors (Lipinski definition) is 2. The zero-order valence-corrected chi connectivity index (χ0v) is 11.2. The molecule has 0 fully saturated rings. The lowest BCUT2D eigenvalue weighted by molar-refractivity contribution is -0.117. The predicted molar refractivity (Wildman–Crippen MR) is 68.6 cm³/mol. The molecular weight excluding hydrogens is 212 g/mol. The maximum atomic E-state index is 12.0. The normalized spacial score (nSPS) is 33.9. The molecule has 2 aliphatic rings. The Hall–Kier alpha value is -0.890. The summed E-state index contributed by atoms with van der Waals surface area (Å²) in [7, 11) is 0. The number of carbonyl (C=O) groups excluding carboxylic acids is 1. The van der Waals surface area contributed by atoms with Gasteiger partial charge in [-0.1, -0.05) is 32.4 Å². The number of allylic oxidation sites excluding steroid dienone is 3. The number of Topliss-reactive ketones (excluding diaryl/α,β-unsaturated/α-hetero) is 1. The standard InChI is InChI=1S/C15H22O2/c1-9(2)11-5-6-15(4,17)14-12(8-11)10(3)7-13(14)16/h8-10,17H,5-7H2,1-4H3/t10-,15-/m1/s1. The van der Waals surface area contributed by atoms with Gasteiger partial charge in [-0.15, -0.1) is 0 Å². The quantitative estimate of drug-likeness (QED) is 0.757. The lowest BCUT2D eigenvalue weighted by Crippen LogP contribution is -2.30. The van der Waals surface area contributed by atoms with Crippen molar-refractivity contribution in [3.05, 3.63) is 22.8 Å². The average Bonchev–Trinajstić information content (AvgIpc) is 2.40. The van der Waals surface area contributed by atoms with E-state index in [-0.39, 0.29) is 11.7 Å². The summed E-state index contributed by atoms with van der Waals surface area (Å²) in [6, 6.07) is 0. The number of carbonyl (C=O) groups is 1. The van der Waals surface area contributed by atoms with Gasteiger partial charge in [-0.25, -0.2) is 0 Å². The van der Waals surface area contributed by atoms with Crippen LogP contribution in [0.3, 0.4) is 0 Å². The van der Waals surface area contributed by atoms with Crippen LogP contribution < -0.4 is 0 Å². The van der Waals surface area contributed by atoms with E-state index >= 15 is 0 Å². The molecule has 0 aromatic heterocycles. The van der Waals surface area contributed by atoms with E-state index < -0.39 is 5.60 Å². The fourth-order valence-electron chi connectivity index (χ4n) is 2.96. The molecule has 0 radical (unpaired) electrons. The van der Waals surface area contributed by atoms with Crippen LogP contribution in [-0.2, 0) is 4.79 Å². The topological polar surface area (TPSA) is 37.3 Å². The van der Waals surface area contributed by atoms with Gasteiger partial charge in [0.2, 0.25) is 0 Å². The minimum atomic E-state index is -0.940. The molecular formula is C15H22O2. The summed E-state index contributed by atoms with van der Waals surface area (Å²) in [6.07, 6.45) is 4.28. The monoisotopic (exact) mass is 234 g/mol. The van der Waals surface area contributed by atoms with Gasteiger partial charge in [-0.3, -0.25) is 4.79 Å². The number of rotatable bonds is 1. The third kappa shape index (κ3) is 2.11. The average molecular weight is 234 g/mol. The minimum absolute atomic E-state index is 0.138. The Kier molecular flexibility index (Phi) is 3.03. The fraction of sp³-hybridized carbons (Fsp3) is 0.667. The van der Waals surface area contributed by atoms with Gasteiger partial charge in [0, 0.05) is 12.0 Å². The van der Waals surface area contributed by atoms with Gasteiger partial charge in [-0.05, 0) is 37.2 Å². The van der Waals surface area contributed by atoms with Crippen LogP contribution in [0.25, 0.3) is 0 Å². The van der Waals surface area contributed by atoms with Crippen LogP contribution in [0.1, 0.15) is 47.0 Å². The first-order valence-corrected chi connectivity index (χ1v) is 6.53. The molecule has 2 rings (SSSR count). The maximum absolute atomic E-state index is 12.0. The van der Waals surface area contributed by atoms with Crippen LogP contribution in [0.15, 0.2) is 22.8 Å². The van der Waals surface area contributed by atoms with Crippen molar-refractivity contribution in [3.63, 3.8) is 0 Å². The molecule has 0 saturated heterocycles. The van der Waals surface area contributed by atoms with Crippen molar-refractivity contribution in [2.75, 3.05) is 0 Å². The fourth-order valence-corrected chi connectivity index (χ4v) is 2.96.